The van der Waals surface area contributed by atoms with E-state index in [9.17, 15) is 0 Å². The smallest absolute Gasteiger partial charge is 0.126 e. The summed E-state index contributed by atoms with van der Waals surface area (Å²) in [5, 5.41) is 16.6. The van der Waals surface area contributed by atoms with Crippen LogP contribution in [0.25, 0.3) is 16.9 Å². The normalized spacial score (nSPS) is 10.7. The first-order chi connectivity index (χ1) is 11.2. The lowest BCUT2D eigenvalue weighted by atomic mass is 10.1. The number of hydrogen-bond acceptors (Lipinski definition) is 4. The highest BCUT2D eigenvalue weighted by molar-refractivity contribution is 5.65. The summed E-state index contributed by atoms with van der Waals surface area (Å²) in [7, 11) is 0. The van der Waals surface area contributed by atoms with E-state index in [1.54, 1.807) is 6.20 Å². The summed E-state index contributed by atoms with van der Waals surface area (Å²) in [6.07, 6.45) is 1.76. The molecule has 5 nitrogen and oxygen atoms in total. The van der Waals surface area contributed by atoms with Crippen molar-refractivity contribution in [3.05, 3.63) is 59.9 Å². The first-order valence-electron chi connectivity index (χ1n) is 7.62. The number of rotatable bonds is 5. The molecule has 23 heavy (non-hydrogen) atoms. The third-order valence-corrected chi connectivity index (χ3v) is 3.55. The van der Waals surface area contributed by atoms with Gasteiger partial charge in [0.1, 0.15) is 5.82 Å². The predicted molar refractivity (Wildman–Crippen MR) is 91.8 cm³/mol. The van der Waals surface area contributed by atoms with Crippen LogP contribution in [0.1, 0.15) is 11.3 Å². The van der Waals surface area contributed by atoms with Crippen LogP contribution in [0.2, 0.25) is 0 Å². The van der Waals surface area contributed by atoms with Crippen molar-refractivity contribution in [2.45, 2.75) is 13.8 Å². The van der Waals surface area contributed by atoms with Crippen molar-refractivity contribution in [3.8, 4) is 16.9 Å². The van der Waals surface area contributed by atoms with Crippen LogP contribution < -0.4 is 5.32 Å². The minimum absolute atomic E-state index is 0.0756. The number of pyridine rings is 1. The average molecular weight is 308 g/mol. The Morgan fingerprint density at radius 1 is 1.13 bits per heavy atom. The van der Waals surface area contributed by atoms with Crippen molar-refractivity contribution in [2.24, 2.45) is 0 Å². The summed E-state index contributed by atoms with van der Waals surface area (Å²) >= 11 is 0. The molecule has 0 atom stereocenters. The van der Waals surface area contributed by atoms with Crippen LogP contribution in [0.4, 0.5) is 5.82 Å². The molecule has 0 saturated carbocycles. The number of nitrogens with one attached hydrogen (secondary N) is 1. The molecule has 0 spiro atoms. The number of nitrogens with zero attached hydrogens (tertiary/aromatic N) is 3. The van der Waals surface area contributed by atoms with E-state index in [2.05, 4.69) is 46.6 Å². The number of aliphatic hydroxyl groups is 1. The van der Waals surface area contributed by atoms with E-state index in [1.165, 1.54) is 5.56 Å². The second-order valence-electron chi connectivity index (χ2n) is 5.50. The van der Waals surface area contributed by atoms with Crippen LogP contribution in [0.3, 0.4) is 0 Å². The quantitative estimate of drug-likeness (QED) is 0.760. The van der Waals surface area contributed by atoms with Crippen molar-refractivity contribution in [1.29, 1.82) is 0 Å². The number of hydrogen-bond donors (Lipinski definition) is 2. The van der Waals surface area contributed by atoms with Gasteiger partial charge in [0, 0.05) is 18.3 Å². The first-order valence-corrected chi connectivity index (χ1v) is 7.62. The molecule has 0 amide bonds. The van der Waals surface area contributed by atoms with Gasteiger partial charge in [-0.15, -0.1) is 0 Å². The monoisotopic (exact) mass is 308 g/mol. The zero-order valence-corrected chi connectivity index (χ0v) is 13.3. The van der Waals surface area contributed by atoms with E-state index in [-0.39, 0.29) is 6.61 Å². The van der Waals surface area contributed by atoms with E-state index in [0.29, 0.717) is 6.54 Å². The summed E-state index contributed by atoms with van der Waals surface area (Å²) < 4.78 is 1.95. The second-order valence-corrected chi connectivity index (χ2v) is 5.50. The van der Waals surface area contributed by atoms with Gasteiger partial charge in [0.25, 0.3) is 0 Å². The molecule has 0 fully saturated rings. The second kappa shape index (κ2) is 6.62. The maximum absolute atomic E-state index is 8.93. The van der Waals surface area contributed by atoms with E-state index < -0.39 is 0 Å². The Kier molecular flexibility index (Phi) is 4.39. The number of benzene rings is 1. The lowest BCUT2D eigenvalue weighted by molar-refractivity contribution is 0.311. The Hall–Kier alpha value is -2.66. The van der Waals surface area contributed by atoms with E-state index in [4.69, 9.17) is 5.11 Å². The van der Waals surface area contributed by atoms with Crippen molar-refractivity contribution in [3.63, 3.8) is 0 Å². The Morgan fingerprint density at radius 2 is 2.00 bits per heavy atom. The average Bonchev–Trinajstić information content (AvgIpc) is 2.95. The third-order valence-electron chi connectivity index (χ3n) is 3.55. The van der Waals surface area contributed by atoms with Crippen molar-refractivity contribution >= 4 is 5.82 Å². The lowest BCUT2D eigenvalue weighted by Gasteiger charge is -2.10. The maximum atomic E-state index is 8.93. The van der Waals surface area contributed by atoms with Gasteiger partial charge in [0.15, 0.2) is 0 Å². The first kappa shape index (κ1) is 15.2. The molecule has 5 heteroatoms. The van der Waals surface area contributed by atoms with Crippen molar-refractivity contribution in [2.75, 3.05) is 18.5 Å². The largest absolute Gasteiger partial charge is 0.395 e. The Morgan fingerprint density at radius 3 is 2.78 bits per heavy atom. The molecule has 0 radical (unpaired) electrons. The minimum Gasteiger partial charge on any atom is -0.395 e. The summed E-state index contributed by atoms with van der Waals surface area (Å²) in [5.41, 5.74) is 5.24. The summed E-state index contributed by atoms with van der Waals surface area (Å²) in [4.78, 5) is 4.27. The summed E-state index contributed by atoms with van der Waals surface area (Å²) in [5.74, 6) is 0.742. The molecule has 0 aliphatic rings. The fraction of sp³-hybridized carbons (Fsp3) is 0.222. The van der Waals surface area contributed by atoms with Crippen LogP contribution in [0.5, 0.6) is 0 Å². The molecule has 118 valence electrons. The molecule has 2 heterocycles. The molecule has 0 aliphatic heterocycles. The molecule has 0 saturated heterocycles. The maximum Gasteiger partial charge on any atom is 0.126 e. The molecule has 0 aliphatic carbocycles. The van der Waals surface area contributed by atoms with E-state index >= 15 is 0 Å². The number of aryl methyl sites for hydroxylation is 2. The number of aliphatic hydroxyl groups excluding tert-OH is 1. The highest BCUT2D eigenvalue weighted by Gasteiger charge is 2.11. The Bertz CT molecular complexity index is 810. The minimum atomic E-state index is 0.0756. The molecule has 2 N–H and O–H groups in total. The van der Waals surface area contributed by atoms with Gasteiger partial charge >= 0.3 is 0 Å². The Labute approximate surface area is 135 Å². The fourth-order valence-electron chi connectivity index (χ4n) is 2.53. The topological polar surface area (TPSA) is 63.0 Å². The predicted octanol–water partition coefficient (Wildman–Crippen LogP) is 2.96. The summed E-state index contributed by atoms with van der Waals surface area (Å²) in [6.45, 7) is 4.61. The molecule has 2 aromatic heterocycles. The van der Waals surface area contributed by atoms with Crippen molar-refractivity contribution < 1.29 is 5.11 Å². The zero-order chi connectivity index (χ0) is 16.2. The van der Waals surface area contributed by atoms with Gasteiger partial charge in [0.05, 0.1) is 23.7 Å². The van der Waals surface area contributed by atoms with Gasteiger partial charge in [-0.3, -0.25) is 0 Å². The fourth-order valence-corrected chi connectivity index (χ4v) is 2.53. The summed E-state index contributed by atoms with van der Waals surface area (Å²) in [6, 6.07) is 14.3. The molecule has 1 aromatic carbocycles. The molecule has 3 aromatic rings. The Balaban J connectivity index is 2.04. The molecular weight excluding hydrogens is 288 g/mol. The van der Waals surface area contributed by atoms with Gasteiger partial charge in [-0.25, -0.2) is 9.67 Å². The highest BCUT2D eigenvalue weighted by atomic mass is 16.3. The van der Waals surface area contributed by atoms with Gasteiger partial charge in [-0.1, -0.05) is 12.1 Å². The lowest BCUT2D eigenvalue weighted by Crippen LogP contribution is -2.07. The van der Waals surface area contributed by atoms with Gasteiger partial charge in [0.2, 0.25) is 0 Å². The molecule has 0 unspecified atom stereocenters. The third kappa shape index (κ3) is 3.40. The number of anilines is 1. The van der Waals surface area contributed by atoms with Crippen LogP contribution >= 0.6 is 0 Å². The van der Waals surface area contributed by atoms with Gasteiger partial charge in [-0.2, -0.15) is 5.10 Å². The zero-order valence-electron chi connectivity index (χ0n) is 13.3. The SMILES string of the molecule is Cc1cccc(-n2nc(C)cc2-c2ccnc(NCCO)c2)c1. The molecule has 0 bridgehead atoms. The van der Waals surface area contributed by atoms with Crippen molar-refractivity contribution in [1.82, 2.24) is 14.8 Å². The van der Waals surface area contributed by atoms with E-state index in [1.807, 2.05) is 29.8 Å². The molecule has 3 rings (SSSR count). The van der Waals surface area contributed by atoms with Crippen LogP contribution in [-0.4, -0.2) is 33.0 Å². The van der Waals surface area contributed by atoms with Crippen LogP contribution in [-0.2, 0) is 0 Å². The van der Waals surface area contributed by atoms with Gasteiger partial charge in [-0.05, 0) is 49.7 Å². The molecular formula is C18H20N4O. The van der Waals surface area contributed by atoms with E-state index in [0.717, 1.165) is 28.5 Å². The van der Waals surface area contributed by atoms with Crippen LogP contribution in [0, 0.1) is 13.8 Å². The van der Waals surface area contributed by atoms with Gasteiger partial charge < -0.3 is 10.4 Å². The van der Waals surface area contributed by atoms with Crippen LogP contribution in [0.15, 0.2) is 48.7 Å². The highest BCUT2D eigenvalue weighted by Crippen LogP contribution is 2.25. The number of aromatic nitrogens is 3. The standard InChI is InChI=1S/C18H20N4O/c1-13-4-3-5-16(10-13)22-17(11-14(2)21-22)15-6-7-19-18(12-15)20-8-9-23/h3-7,10-12,23H,8-9H2,1-2H3,(H,19,20).